The molecule has 1 N–H and O–H groups in total. The molecule has 3 rings (SSSR count). The van der Waals surface area contributed by atoms with Crippen molar-refractivity contribution in [2.24, 2.45) is 0 Å². The topological polar surface area (TPSA) is 81.8 Å². The van der Waals surface area contributed by atoms with Crippen LogP contribution in [0.5, 0.6) is 0 Å². The van der Waals surface area contributed by atoms with Gasteiger partial charge in [0.05, 0.1) is 22.3 Å². The number of benzene rings is 1. The van der Waals surface area contributed by atoms with Crippen LogP contribution in [-0.4, -0.2) is 30.5 Å². The fourth-order valence-corrected chi connectivity index (χ4v) is 3.90. The number of fused-ring (bicyclic) bond motifs is 1. The van der Waals surface area contributed by atoms with Crippen molar-refractivity contribution in [3.63, 3.8) is 0 Å². The number of amides is 1. The minimum absolute atomic E-state index is 0.118. The Morgan fingerprint density at radius 3 is 2.79 bits per heavy atom. The van der Waals surface area contributed by atoms with Crippen molar-refractivity contribution in [3.05, 3.63) is 58.5 Å². The average molecular weight is 432 g/mol. The van der Waals surface area contributed by atoms with Crippen LogP contribution < -0.4 is 10.9 Å². The van der Waals surface area contributed by atoms with Gasteiger partial charge in [0.25, 0.3) is 5.56 Å². The van der Waals surface area contributed by atoms with E-state index in [1.165, 1.54) is 16.3 Å². The Kier molecular flexibility index (Phi) is 6.44. The van der Waals surface area contributed by atoms with Crippen LogP contribution >= 0.6 is 23.4 Å². The van der Waals surface area contributed by atoms with E-state index in [0.29, 0.717) is 33.4 Å². The monoisotopic (exact) mass is 431 g/mol. The van der Waals surface area contributed by atoms with E-state index in [1.54, 1.807) is 48.1 Å². The second-order valence-electron chi connectivity index (χ2n) is 6.76. The van der Waals surface area contributed by atoms with Gasteiger partial charge in [-0.1, -0.05) is 29.4 Å². The molecule has 0 bridgehead atoms. The first-order chi connectivity index (χ1) is 13.8. The standard InChI is InChI=1S/C20H22ClN5O2S/c1-5-10-25-19(28)15-7-6-14(21)11-16(15)23-20(25)29-13(4)18(27)24-17-8-9-22-26(17)12(2)3/h5-9,11-13H,1,10H2,2-4H3,(H,24,27). The van der Waals surface area contributed by atoms with Gasteiger partial charge in [0.15, 0.2) is 5.16 Å². The highest BCUT2D eigenvalue weighted by Gasteiger charge is 2.20. The van der Waals surface area contributed by atoms with E-state index < -0.39 is 5.25 Å². The maximum atomic E-state index is 12.9. The molecular weight excluding hydrogens is 410 g/mol. The van der Waals surface area contributed by atoms with Gasteiger partial charge in [-0.2, -0.15) is 5.10 Å². The summed E-state index contributed by atoms with van der Waals surface area (Å²) in [4.78, 5) is 30.2. The van der Waals surface area contributed by atoms with Gasteiger partial charge in [-0.25, -0.2) is 9.67 Å². The summed E-state index contributed by atoms with van der Waals surface area (Å²) in [5.74, 6) is 0.419. The minimum Gasteiger partial charge on any atom is -0.310 e. The number of carbonyl (C=O) groups is 1. The first-order valence-electron chi connectivity index (χ1n) is 9.13. The smallest absolute Gasteiger partial charge is 0.262 e. The molecule has 0 aliphatic rings. The highest BCUT2D eigenvalue weighted by atomic mass is 35.5. The predicted octanol–water partition coefficient (Wildman–Crippen LogP) is 4.13. The lowest BCUT2D eigenvalue weighted by Crippen LogP contribution is -2.27. The molecule has 0 saturated carbocycles. The molecule has 3 aromatic rings. The number of nitrogens with zero attached hydrogens (tertiary/aromatic N) is 4. The molecule has 29 heavy (non-hydrogen) atoms. The van der Waals surface area contributed by atoms with E-state index in [2.05, 4.69) is 22.0 Å². The summed E-state index contributed by atoms with van der Waals surface area (Å²) in [5.41, 5.74) is 0.301. The SMILES string of the molecule is C=CCn1c(SC(C)C(=O)Nc2ccnn2C(C)C)nc2cc(Cl)ccc2c1=O. The number of allylic oxidation sites excluding steroid dienone is 1. The highest BCUT2D eigenvalue weighted by Crippen LogP contribution is 2.25. The Morgan fingerprint density at radius 2 is 2.10 bits per heavy atom. The Labute approximate surface area is 177 Å². The first kappa shape index (κ1) is 21.1. The summed E-state index contributed by atoms with van der Waals surface area (Å²) in [5, 5.41) is 8.01. The highest BCUT2D eigenvalue weighted by molar-refractivity contribution is 8.00. The molecule has 1 atom stereocenters. The molecule has 9 heteroatoms. The van der Waals surface area contributed by atoms with Crippen LogP contribution in [0.1, 0.15) is 26.8 Å². The van der Waals surface area contributed by atoms with Crippen molar-refractivity contribution in [1.82, 2.24) is 19.3 Å². The lowest BCUT2D eigenvalue weighted by molar-refractivity contribution is -0.115. The summed E-state index contributed by atoms with van der Waals surface area (Å²) in [6, 6.07) is 6.83. The zero-order valence-electron chi connectivity index (χ0n) is 16.4. The van der Waals surface area contributed by atoms with Crippen molar-refractivity contribution in [1.29, 1.82) is 0 Å². The Morgan fingerprint density at radius 1 is 1.34 bits per heavy atom. The third-order valence-electron chi connectivity index (χ3n) is 4.26. The molecule has 0 fully saturated rings. The van der Waals surface area contributed by atoms with E-state index in [4.69, 9.17) is 11.6 Å². The number of rotatable bonds is 7. The van der Waals surface area contributed by atoms with Gasteiger partial charge in [0.2, 0.25) is 5.91 Å². The molecule has 1 aromatic carbocycles. The van der Waals surface area contributed by atoms with Crippen LogP contribution in [0.3, 0.4) is 0 Å². The Balaban J connectivity index is 1.90. The number of hydrogen-bond acceptors (Lipinski definition) is 5. The Hall–Kier alpha value is -2.58. The number of anilines is 1. The van der Waals surface area contributed by atoms with Crippen molar-refractivity contribution in [3.8, 4) is 0 Å². The fraction of sp³-hybridized carbons (Fsp3) is 0.300. The minimum atomic E-state index is -0.495. The van der Waals surface area contributed by atoms with Crippen molar-refractivity contribution >= 4 is 46.0 Å². The summed E-state index contributed by atoms with van der Waals surface area (Å²) < 4.78 is 3.25. The van der Waals surface area contributed by atoms with Crippen LogP contribution in [-0.2, 0) is 11.3 Å². The molecule has 152 valence electrons. The molecule has 0 radical (unpaired) electrons. The zero-order chi connectivity index (χ0) is 21.1. The molecule has 7 nitrogen and oxygen atoms in total. The van der Waals surface area contributed by atoms with Crippen molar-refractivity contribution in [2.75, 3.05) is 5.32 Å². The number of halogens is 1. The van der Waals surface area contributed by atoms with Crippen LogP contribution in [0.25, 0.3) is 10.9 Å². The van der Waals surface area contributed by atoms with E-state index in [0.717, 1.165) is 0 Å². The summed E-state index contributed by atoms with van der Waals surface area (Å²) >= 11 is 7.26. The third-order valence-corrected chi connectivity index (χ3v) is 5.58. The number of nitrogens with one attached hydrogen (secondary N) is 1. The third kappa shape index (κ3) is 4.54. The normalized spacial score (nSPS) is 12.3. The van der Waals surface area contributed by atoms with Gasteiger partial charge in [0, 0.05) is 23.7 Å². The number of aromatic nitrogens is 4. The second-order valence-corrected chi connectivity index (χ2v) is 8.51. The van der Waals surface area contributed by atoms with E-state index in [1.807, 2.05) is 13.8 Å². The molecule has 0 saturated heterocycles. The van der Waals surface area contributed by atoms with Crippen LogP contribution in [0.4, 0.5) is 5.82 Å². The van der Waals surface area contributed by atoms with E-state index in [9.17, 15) is 9.59 Å². The maximum Gasteiger partial charge on any atom is 0.262 e. The van der Waals surface area contributed by atoms with E-state index in [-0.39, 0.29) is 17.5 Å². The number of thioether (sulfide) groups is 1. The van der Waals surface area contributed by atoms with Crippen LogP contribution in [0.2, 0.25) is 5.02 Å². The van der Waals surface area contributed by atoms with Crippen LogP contribution in [0.15, 0.2) is 53.1 Å². The van der Waals surface area contributed by atoms with E-state index >= 15 is 0 Å². The Bertz CT molecular complexity index is 1120. The quantitative estimate of drug-likeness (QED) is 0.345. The van der Waals surface area contributed by atoms with Gasteiger partial charge in [-0.15, -0.1) is 6.58 Å². The van der Waals surface area contributed by atoms with Crippen molar-refractivity contribution in [2.45, 2.75) is 43.8 Å². The second kappa shape index (κ2) is 8.84. The molecular formula is C20H22ClN5O2S. The van der Waals surface area contributed by atoms with Crippen molar-refractivity contribution < 1.29 is 4.79 Å². The summed E-state index contributed by atoms with van der Waals surface area (Å²) in [6.45, 7) is 9.75. The first-order valence-corrected chi connectivity index (χ1v) is 10.4. The molecule has 0 aliphatic heterocycles. The number of hydrogen-bond donors (Lipinski definition) is 1. The number of carbonyl (C=O) groups excluding carboxylic acids is 1. The fourth-order valence-electron chi connectivity index (χ4n) is 2.82. The summed E-state index contributed by atoms with van der Waals surface area (Å²) in [7, 11) is 0. The maximum absolute atomic E-state index is 12.9. The van der Waals surface area contributed by atoms with Gasteiger partial charge < -0.3 is 5.32 Å². The molecule has 1 unspecified atom stereocenters. The molecule has 0 spiro atoms. The van der Waals surface area contributed by atoms with Gasteiger partial charge in [-0.3, -0.25) is 14.2 Å². The lowest BCUT2D eigenvalue weighted by Gasteiger charge is -2.17. The molecule has 0 aliphatic carbocycles. The molecule has 2 heterocycles. The summed E-state index contributed by atoms with van der Waals surface area (Å²) in [6.07, 6.45) is 3.27. The zero-order valence-corrected chi connectivity index (χ0v) is 18.0. The largest absolute Gasteiger partial charge is 0.310 e. The van der Waals surface area contributed by atoms with Gasteiger partial charge in [0.1, 0.15) is 5.82 Å². The lowest BCUT2D eigenvalue weighted by atomic mass is 10.2. The molecule has 1 amide bonds. The average Bonchev–Trinajstić information content (AvgIpc) is 3.13. The van der Waals surface area contributed by atoms with Crippen LogP contribution in [0, 0.1) is 0 Å². The molecule has 2 aromatic heterocycles. The predicted molar refractivity (Wildman–Crippen MR) is 118 cm³/mol. The van der Waals surface area contributed by atoms with Gasteiger partial charge >= 0.3 is 0 Å². The van der Waals surface area contributed by atoms with Gasteiger partial charge in [-0.05, 0) is 39.0 Å².